The van der Waals surface area contributed by atoms with E-state index in [2.05, 4.69) is 5.32 Å². The molecule has 0 unspecified atom stereocenters. The first-order valence-corrected chi connectivity index (χ1v) is 14.7. The molecule has 10 heteroatoms. The van der Waals surface area contributed by atoms with E-state index >= 15 is 0 Å². The Morgan fingerprint density at radius 2 is 1.68 bits per heavy atom. The highest BCUT2D eigenvalue weighted by atomic mass is 35.7. The molecule has 1 spiro atoms. The van der Waals surface area contributed by atoms with E-state index < -0.39 is 26.1 Å². The lowest BCUT2D eigenvalue weighted by Gasteiger charge is -2.41. The van der Waals surface area contributed by atoms with Crippen LogP contribution in [0.1, 0.15) is 44.7 Å². The number of carbonyl (C=O) groups is 2. The smallest absolute Gasteiger partial charge is 0.321 e. The number of nitrogens with zero attached hydrogens (tertiary/aromatic N) is 2. The van der Waals surface area contributed by atoms with Crippen molar-refractivity contribution in [1.82, 2.24) is 10.2 Å². The Morgan fingerprint density at radius 1 is 1.05 bits per heavy atom. The van der Waals surface area contributed by atoms with E-state index in [1.54, 1.807) is 37.8 Å². The predicted octanol–water partition coefficient (Wildman–Crippen LogP) is 3.60. The molecule has 1 atom stereocenters. The van der Waals surface area contributed by atoms with Gasteiger partial charge in [0.05, 0.1) is 18.9 Å². The third-order valence-corrected chi connectivity index (χ3v) is 8.52. The highest BCUT2D eigenvalue weighted by Crippen LogP contribution is 2.48. The summed E-state index contributed by atoms with van der Waals surface area (Å²) in [6.45, 7) is 6.91. The molecule has 2 heterocycles. The molecule has 0 aliphatic carbocycles. The fraction of sp³-hybridized carbons (Fsp3) is 0.481. The van der Waals surface area contributed by atoms with E-state index in [-0.39, 0.29) is 25.0 Å². The third-order valence-electron chi connectivity index (χ3n) is 7.17. The molecule has 2 aromatic rings. The van der Waals surface area contributed by atoms with Crippen LogP contribution in [0, 0.1) is 5.41 Å². The molecule has 8 nitrogen and oxygen atoms in total. The molecule has 1 fully saturated rings. The SMILES string of the molecule is CC(C)(C)C(=O)N[C@H](COCc1ccccc1)C(=O)N1CCC2(CC1)CN(S(=O)(=O)Cl)c1ccccc12. The zero-order chi connectivity index (χ0) is 26.8. The van der Waals surface area contributed by atoms with Crippen LogP contribution in [0.3, 0.4) is 0 Å². The number of piperidine rings is 1. The van der Waals surface area contributed by atoms with Gasteiger partial charge in [-0.1, -0.05) is 69.3 Å². The molecule has 200 valence electrons. The van der Waals surface area contributed by atoms with Gasteiger partial charge in [0.25, 0.3) is 0 Å². The second-order valence-corrected chi connectivity index (χ2v) is 13.3. The second kappa shape index (κ2) is 10.6. The van der Waals surface area contributed by atoms with Gasteiger partial charge < -0.3 is 15.0 Å². The minimum atomic E-state index is -3.93. The first kappa shape index (κ1) is 27.4. The maximum absolute atomic E-state index is 13.6. The lowest BCUT2D eigenvalue weighted by molar-refractivity contribution is -0.141. The minimum Gasteiger partial charge on any atom is -0.374 e. The van der Waals surface area contributed by atoms with Crippen LogP contribution in [0.5, 0.6) is 0 Å². The van der Waals surface area contributed by atoms with Gasteiger partial charge in [0.15, 0.2) is 0 Å². The van der Waals surface area contributed by atoms with Gasteiger partial charge in [-0.15, -0.1) is 0 Å². The number of para-hydroxylation sites is 1. The molecule has 2 aliphatic heterocycles. The number of ether oxygens (including phenoxy) is 1. The number of anilines is 1. The van der Waals surface area contributed by atoms with E-state index in [4.69, 9.17) is 15.4 Å². The van der Waals surface area contributed by atoms with E-state index in [0.29, 0.717) is 38.2 Å². The van der Waals surface area contributed by atoms with Gasteiger partial charge in [-0.05, 0) is 30.0 Å². The van der Waals surface area contributed by atoms with Gasteiger partial charge in [-0.25, -0.2) is 0 Å². The minimum absolute atomic E-state index is 0.0539. The Labute approximate surface area is 223 Å². The number of amides is 2. The molecule has 1 saturated heterocycles. The molecular weight excluding hydrogens is 514 g/mol. The van der Waals surface area contributed by atoms with Crippen LogP contribution in [-0.4, -0.2) is 57.4 Å². The maximum Gasteiger partial charge on any atom is 0.321 e. The van der Waals surface area contributed by atoms with Crippen molar-refractivity contribution in [3.05, 3.63) is 65.7 Å². The Balaban J connectivity index is 1.46. The number of hydrogen-bond acceptors (Lipinski definition) is 5. The molecule has 0 aromatic heterocycles. The van der Waals surface area contributed by atoms with Gasteiger partial charge in [-0.2, -0.15) is 8.42 Å². The zero-order valence-electron chi connectivity index (χ0n) is 21.4. The lowest BCUT2D eigenvalue weighted by atomic mass is 9.74. The summed E-state index contributed by atoms with van der Waals surface area (Å²) < 4.78 is 31.6. The topological polar surface area (TPSA) is 96.0 Å². The monoisotopic (exact) mass is 547 g/mol. The molecular formula is C27H34ClN3O5S. The molecule has 4 rings (SSSR count). The fourth-order valence-electron chi connectivity index (χ4n) is 5.00. The van der Waals surface area contributed by atoms with Crippen molar-refractivity contribution in [2.45, 2.75) is 51.7 Å². The second-order valence-electron chi connectivity index (χ2n) is 10.8. The van der Waals surface area contributed by atoms with Gasteiger partial charge >= 0.3 is 9.24 Å². The summed E-state index contributed by atoms with van der Waals surface area (Å²) >= 11 is 0. The Morgan fingerprint density at radius 3 is 2.30 bits per heavy atom. The largest absolute Gasteiger partial charge is 0.374 e. The summed E-state index contributed by atoms with van der Waals surface area (Å²) in [5, 5.41) is 2.88. The van der Waals surface area contributed by atoms with E-state index in [1.165, 1.54) is 4.31 Å². The number of benzene rings is 2. The Hall–Kier alpha value is -2.62. The molecule has 0 bridgehead atoms. The first-order valence-electron chi connectivity index (χ1n) is 12.4. The number of nitrogens with one attached hydrogen (secondary N) is 1. The van der Waals surface area contributed by atoms with Crippen molar-refractivity contribution in [3.63, 3.8) is 0 Å². The zero-order valence-corrected chi connectivity index (χ0v) is 23.0. The Kier molecular flexibility index (Phi) is 7.88. The summed E-state index contributed by atoms with van der Waals surface area (Å²) in [6, 6.07) is 16.2. The average molecular weight is 548 g/mol. The van der Waals surface area contributed by atoms with Crippen LogP contribution in [0.15, 0.2) is 54.6 Å². The molecule has 0 saturated carbocycles. The van der Waals surface area contributed by atoms with E-state index in [1.807, 2.05) is 42.5 Å². The molecule has 0 radical (unpaired) electrons. The third kappa shape index (κ3) is 6.10. The van der Waals surface area contributed by atoms with Crippen molar-refractivity contribution < 1.29 is 22.7 Å². The summed E-state index contributed by atoms with van der Waals surface area (Å²) in [5.74, 6) is -0.427. The van der Waals surface area contributed by atoms with Crippen LogP contribution in [-0.2, 0) is 35.6 Å². The van der Waals surface area contributed by atoms with Crippen LogP contribution in [0.25, 0.3) is 0 Å². The number of carbonyl (C=O) groups excluding carboxylic acids is 2. The number of fused-ring (bicyclic) bond motifs is 2. The van der Waals surface area contributed by atoms with Crippen molar-refractivity contribution in [2.24, 2.45) is 5.41 Å². The van der Waals surface area contributed by atoms with Crippen molar-refractivity contribution >= 4 is 37.4 Å². The summed E-state index contributed by atoms with van der Waals surface area (Å²) in [5.41, 5.74) is 1.45. The summed E-state index contributed by atoms with van der Waals surface area (Å²) in [4.78, 5) is 28.1. The van der Waals surface area contributed by atoms with Crippen LogP contribution >= 0.6 is 10.7 Å². The number of likely N-dealkylation sites (tertiary alicyclic amines) is 1. The Bertz CT molecular complexity index is 1240. The summed E-state index contributed by atoms with van der Waals surface area (Å²) in [6.07, 6.45) is 1.17. The van der Waals surface area contributed by atoms with E-state index in [0.717, 1.165) is 11.1 Å². The quantitative estimate of drug-likeness (QED) is 0.534. The van der Waals surface area contributed by atoms with Gasteiger partial charge in [0.1, 0.15) is 6.04 Å². The van der Waals surface area contributed by atoms with Gasteiger partial charge in [0, 0.05) is 41.1 Å². The first-order chi connectivity index (χ1) is 17.4. The highest BCUT2D eigenvalue weighted by molar-refractivity contribution is 8.14. The number of rotatable bonds is 7. The van der Waals surface area contributed by atoms with Crippen LogP contribution < -0.4 is 9.62 Å². The van der Waals surface area contributed by atoms with Crippen LogP contribution in [0.4, 0.5) is 5.69 Å². The van der Waals surface area contributed by atoms with Crippen molar-refractivity contribution in [1.29, 1.82) is 0 Å². The lowest BCUT2D eigenvalue weighted by Crippen LogP contribution is -2.56. The van der Waals surface area contributed by atoms with Crippen molar-refractivity contribution in [2.75, 3.05) is 30.5 Å². The van der Waals surface area contributed by atoms with Gasteiger partial charge in [-0.3, -0.25) is 13.9 Å². The summed E-state index contributed by atoms with van der Waals surface area (Å²) in [7, 11) is 1.81. The van der Waals surface area contributed by atoms with Gasteiger partial charge in [0.2, 0.25) is 11.8 Å². The van der Waals surface area contributed by atoms with Crippen molar-refractivity contribution in [3.8, 4) is 0 Å². The van der Waals surface area contributed by atoms with Crippen LogP contribution in [0.2, 0.25) is 0 Å². The fourth-order valence-corrected chi connectivity index (χ4v) is 6.17. The normalized spacial score (nSPS) is 17.9. The maximum atomic E-state index is 13.6. The molecule has 2 aliphatic rings. The van der Waals surface area contributed by atoms with E-state index in [9.17, 15) is 18.0 Å². The number of hydrogen-bond donors (Lipinski definition) is 1. The molecule has 37 heavy (non-hydrogen) atoms. The average Bonchev–Trinajstić information content (AvgIpc) is 3.18. The standard InChI is InChI=1S/C27H34ClN3O5S/c1-26(2,3)25(33)29-22(18-36-17-20-9-5-4-6-10-20)24(32)30-15-13-27(14-16-30)19-31(37(28,34)35)23-12-8-7-11-21(23)27/h4-12,22H,13-19H2,1-3H3,(H,29,33)/t22-/m1/s1. The predicted molar refractivity (Wildman–Crippen MR) is 144 cm³/mol. The molecule has 2 aromatic carbocycles. The highest BCUT2D eigenvalue weighted by Gasteiger charge is 2.48. The number of halogens is 1. The molecule has 2 amide bonds. The molecule has 1 N–H and O–H groups in total.